The summed E-state index contributed by atoms with van der Waals surface area (Å²) in [6, 6.07) is 14.9. The second-order valence-electron chi connectivity index (χ2n) is 7.29. The van der Waals surface area contributed by atoms with Crippen LogP contribution < -0.4 is 5.32 Å². The van der Waals surface area contributed by atoms with Gasteiger partial charge in [-0.05, 0) is 28.8 Å². The Morgan fingerprint density at radius 3 is 2.67 bits per heavy atom. The van der Waals surface area contributed by atoms with E-state index in [0.29, 0.717) is 29.5 Å². The molecule has 0 saturated heterocycles. The minimum Gasteiger partial charge on any atom is -0.389 e. The van der Waals surface area contributed by atoms with Crippen LogP contribution in [0.4, 0.5) is 5.82 Å². The van der Waals surface area contributed by atoms with E-state index in [1.54, 1.807) is 44.1 Å². The molecule has 2 aromatic heterocycles. The predicted octanol–water partition coefficient (Wildman–Crippen LogP) is 2.87. The van der Waals surface area contributed by atoms with Gasteiger partial charge in [0.1, 0.15) is 11.3 Å². The lowest BCUT2D eigenvalue weighted by atomic mass is 10.1. The van der Waals surface area contributed by atoms with Crippen molar-refractivity contribution in [1.29, 1.82) is 0 Å². The lowest BCUT2D eigenvalue weighted by Crippen LogP contribution is -2.23. The first kappa shape index (κ1) is 24.3. The first-order valence-corrected chi connectivity index (χ1v) is 11.6. The number of ether oxygens (including phenoxy) is 1. The van der Waals surface area contributed by atoms with Gasteiger partial charge < -0.3 is 14.9 Å². The molecule has 1 amide bonds. The lowest BCUT2D eigenvalue weighted by molar-refractivity contribution is -0.117. The van der Waals surface area contributed by atoms with Gasteiger partial charge in [-0.15, -0.1) is 16.9 Å². The van der Waals surface area contributed by atoms with E-state index in [2.05, 4.69) is 31.0 Å². The number of aryl methyl sites for hydroxylation is 1. The number of nitrogens with zero attached hydrogens (tertiary/aromatic N) is 6. The number of methoxy groups -OCH3 is 1. The fourth-order valence-corrected chi connectivity index (χ4v) is 3.94. The molecule has 0 aliphatic rings. The van der Waals surface area contributed by atoms with Crippen LogP contribution in [0.25, 0.3) is 0 Å². The molecule has 2 atom stereocenters. The van der Waals surface area contributed by atoms with Crippen molar-refractivity contribution in [2.75, 3.05) is 18.7 Å². The summed E-state index contributed by atoms with van der Waals surface area (Å²) >= 11 is 1.58. The normalized spacial score (nSPS) is 13.4. The fraction of sp³-hybridized carbons (Fsp3) is 0.364. The largest absolute Gasteiger partial charge is 0.389 e. The molecule has 0 aliphatic carbocycles. The molecule has 0 fully saturated rings. The van der Waals surface area contributed by atoms with E-state index in [-0.39, 0.29) is 23.9 Å². The Labute approximate surface area is 196 Å². The van der Waals surface area contributed by atoms with Crippen LogP contribution in [0.3, 0.4) is 0 Å². The van der Waals surface area contributed by atoms with E-state index in [1.807, 2.05) is 43.5 Å². The third-order valence-corrected chi connectivity index (χ3v) is 5.88. The van der Waals surface area contributed by atoms with E-state index in [0.717, 1.165) is 5.56 Å². The van der Waals surface area contributed by atoms with Crippen LogP contribution in [0.2, 0.25) is 0 Å². The Morgan fingerprint density at radius 2 is 2.00 bits per heavy atom. The predicted molar refractivity (Wildman–Crippen MR) is 127 cm³/mol. The first-order valence-electron chi connectivity index (χ1n) is 10.3. The fourth-order valence-electron chi connectivity index (χ4n) is 3.18. The Hall–Kier alpha value is -3.31. The number of benzene rings is 1. The Kier molecular flexibility index (Phi) is 8.90. The highest BCUT2D eigenvalue weighted by Crippen LogP contribution is 2.21. The topological polar surface area (TPSA) is 116 Å². The number of carbonyl (C=O) groups is 1. The third kappa shape index (κ3) is 6.83. The molecular formula is C22H27N7O3S. The number of anilines is 1. The number of carbonyl (C=O) groups excluding carboxylic acids is 1. The van der Waals surface area contributed by atoms with Crippen molar-refractivity contribution in [2.45, 2.75) is 25.4 Å². The second-order valence-corrected chi connectivity index (χ2v) is 8.23. The van der Waals surface area contributed by atoms with E-state index in [9.17, 15) is 4.79 Å². The average Bonchev–Trinajstić information content (AvgIpc) is 3.23. The van der Waals surface area contributed by atoms with Crippen LogP contribution in [0.1, 0.15) is 30.4 Å². The standard InChI is InChI=1S/C22H27N7O3S/c1-15(22(31-3)33-4)13-19(30)24-18-12-8-11-17(23-18)14-32-26-20(16-9-6-5-7-10-16)21-25-27-28-29(21)2/h5-12,15,22H,13-14H2,1-4H3,(H,23,24,30)/b26-20-. The Morgan fingerprint density at radius 1 is 1.21 bits per heavy atom. The number of nitrogens with one attached hydrogen (secondary N) is 1. The molecule has 33 heavy (non-hydrogen) atoms. The summed E-state index contributed by atoms with van der Waals surface area (Å²) in [5.41, 5.74) is 1.90. The number of aromatic nitrogens is 5. The van der Waals surface area contributed by atoms with Gasteiger partial charge in [0.05, 0.1) is 5.69 Å². The van der Waals surface area contributed by atoms with Crippen molar-refractivity contribution < 1.29 is 14.4 Å². The zero-order valence-electron chi connectivity index (χ0n) is 19.0. The maximum atomic E-state index is 12.4. The molecule has 174 valence electrons. The van der Waals surface area contributed by atoms with Crippen molar-refractivity contribution in [3.63, 3.8) is 0 Å². The lowest BCUT2D eigenvalue weighted by Gasteiger charge is -2.20. The van der Waals surface area contributed by atoms with Gasteiger partial charge in [-0.2, -0.15) is 0 Å². The molecule has 0 aliphatic heterocycles. The monoisotopic (exact) mass is 469 g/mol. The molecule has 2 heterocycles. The second kappa shape index (κ2) is 12.1. The third-order valence-electron chi connectivity index (χ3n) is 4.76. The summed E-state index contributed by atoms with van der Waals surface area (Å²) in [5.74, 6) is 0.876. The molecule has 3 rings (SSSR count). The molecule has 0 saturated carbocycles. The number of thioether (sulfide) groups is 1. The number of hydrogen-bond acceptors (Lipinski definition) is 9. The van der Waals surface area contributed by atoms with Crippen LogP contribution in [0, 0.1) is 5.92 Å². The molecule has 0 bridgehead atoms. The van der Waals surface area contributed by atoms with E-state index in [1.165, 1.54) is 4.68 Å². The summed E-state index contributed by atoms with van der Waals surface area (Å²) in [7, 11) is 3.38. The van der Waals surface area contributed by atoms with Gasteiger partial charge in [0, 0.05) is 32.1 Å². The van der Waals surface area contributed by atoms with Gasteiger partial charge in [0.25, 0.3) is 0 Å². The molecule has 2 unspecified atom stereocenters. The quantitative estimate of drug-likeness (QED) is 0.259. The summed E-state index contributed by atoms with van der Waals surface area (Å²) in [6.45, 7) is 2.09. The van der Waals surface area contributed by atoms with Crippen LogP contribution in [-0.2, 0) is 28.0 Å². The van der Waals surface area contributed by atoms with Crippen LogP contribution in [0.5, 0.6) is 0 Å². The van der Waals surface area contributed by atoms with Crippen molar-refractivity contribution in [2.24, 2.45) is 18.1 Å². The number of hydrogen-bond donors (Lipinski definition) is 1. The number of amides is 1. The number of tetrazole rings is 1. The Bertz CT molecular complexity index is 1070. The van der Waals surface area contributed by atoms with Gasteiger partial charge in [-0.3, -0.25) is 4.79 Å². The molecule has 10 nitrogen and oxygen atoms in total. The smallest absolute Gasteiger partial charge is 0.225 e. The average molecular weight is 470 g/mol. The van der Waals surface area contributed by atoms with Crippen LogP contribution in [0.15, 0.2) is 53.7 Å². The van der Waals surface area contributed by atoms with E-state index in [4.69, 9.17) is 9.57 Å². The molecule has 1 aromatic carbocycles. The summed E-state index contributed by atoms with van der Waals surface area (Å²) < 4.78 is 6.91. The number of oxime groups is 1. The zero-order valence-corrected chi connectivity index (χ0v) is 19.8. The van der Waals surface area contributed by atoms with Crippen molar-refractivity contribution in [3.05, 3.63) is 65.6 Å². The minimum absolute atomic E-state index is 0.0377. The maximum Gasteiger partial charge on any atom is 0.225 e. The van der Waals surface area contributed by atoms with Gasteiger partial charge in [0.2, 0.25) is 11.7 Å². The molecule has 11 heteroatoms. The van der Waals surface area contributed by atoms with Gasteiger partial charge in [0.15, 0.2) is 12.3 Å². The number of pyridine rings is 1. The highest BCUT2D eigenvalue weighted by Gasteiger charge is 2.19. The summed E-state index contributed by atoms with van der Waals surface area (Å²) in [4.78, 5) is 22.4. The summed E-state index contributed by atoms with van der Waals surface area (Å²) in [6.07, 6.45) is 2.29. The first-order chi connectivity index (χ1) is 16.0. The SMILES string of the molecule is COC(SC)C(C)CC(=O)Nc1cccc(CO/N=C(/c2ccccc2)c2nnnn2C)n1. The molecule has 3 aromatic rings. The van der Waals surface area contributed by atoms with Crippen molar-refractivity contribution >= 4 is 29.2 Å². The molecule has 0 radical (unpaired) electrons. The minimum atomic E-state index is -0.122. The van der Waals surface area contributed by atoms with Gasteiger partial charge in [-0.25, -0.2) is 9.67 Å². The van der Waals surface area contributed by atoms with Gasteiger partial charge in [-0.1, -0.05) is 48.5 Å². The molecule has 1 N–H and O–H groups in total. The maximum absolute atomic E-state index is 12.4. The molecular weight excluding hydrogens is 442 g/mol. The van der Waals surface area contributed by atoms with Crippen LogP contribution in [-0.4, -0.2) is 55.6 Å². The zero-order chi connectivity index (χ0) is 23.6. The highest BCUT2D eigenvalue weighted by molar-refractivity contribution is 7.99. The van der Waals surface area contributed by atoms with E-state index >= 15 is 0 Å². The van der Waals surface area contributed by atoms with E-state index < -0.39 is 0 Å². The highest BCUT2D eigenvalue weighted by atomic mass is 32.2. The van der Waals surface area contributed by atoms with Gasteiger partial charge >= 0.3 is 0 Å². The van der Waals surface area contributed by atoms with Crippen molar-refractivity contribution in [1.82, 2.24) is 25.2 Å². The number of rotatable bonds is 11. The Balaban J connectivity index is 1.65. The van der Waals surface area contributed by atoms with Crippen LogP contribution >= 0.6 is 11.8 Å². The summed E-state index contributed by atoms with van der Waals surface area (Å²) in [5, 5.41) is 18.7. The van der Waals surface area contributed by atoms with Crippen molar-refractivity contribution in [3.8, 4) is 0 Å². The molecule has 0 spiro atoms.